The molecule has 1 aliphatic carbocycles. The molecule has 1 aromatic rings. The van der Waals surface area contributed by atoms with Crippen molar-refractivity contribution in [2.24, 2.45) is 17.3 Å². The minimum absolute atomic E-state index is 0.107. The zero-order valence-corrected chi connectivity index (χ0v) is 11.8. The molecule has 1 heterocycles. The summed E-state index contributed by atoms with van der Waals surface area (Å²) in [4.78, 5) is 25.1. The maximum absolute atomic E-state index is 12.3. The molecule has 1 saturated heterocycles. The predicted octanol–water partition coefficient (Wildman–Crippen LogP) is 2.04. The van der Waals surface area contributed by atoms with Crippen LogP contribution in [0.25, 0.3) is 0 Å². The van der Waals surface area contributed by atoms with Crippen molar-refractivity contribution < 1.29 is 14.7 Å². The van der Waals surface area contributed by atoms with E-state index >= 15 is 0 Å². The van der Waals surface area contributed by atoms with Crippen LogP contribution in [0, 0.1) is 17.3 Å². The molecule has 1 aliphatic heterocycles. The number of carbonyl (C=O) groups excluding carboxylic acids is 1. The first-order valence-corrected chi connectivity index (χ1v) is 6.99. The lowest BCUT2D eigenvalue weighted by atomic mass is 10.0. The fraction of sp³-hybridized carbons (Fsp3) is 0.500. The van der Waals surface area contributed by atoms with Crippen molar-refractivity contribution in [1.82, 2.24) is 4.90 Å². The molecule has 20 heavy (non-hydrogen) atoms. The fourth-order valence-corrected chi connectivity index (χ4v) is 3.44. The third kappa shape index (κ3) is 2.09. The topological polar surface area (TPSA) is 57.6 Å². The second-order valence-electron chi connectivity index (χ2n) is 6.52. The second kappa shape index (κ2) is 4.33. The number of hydrogen-bond acceptors (Lipinski definition) is 2. The zero-order valence-electron chi connectivity index (χ0n) is 11.8. The van der Waals surface area contributed by atoms with Gasteiger partial charge in [-0.2, -0.15) is 0 Å². The first kappa shape index (κ1) is 13.2. The number of carboxylic acids is 1. The van der Waals surface area contributed by atoms with Crippen molar-refractivity contribution >= 4 is 11.9 Å². The van der Waals surface area contributed by atoms with Gasteiger partial charge in [0.05, 0.1) is 12.0 Å². The summed E-state index contributed by atoms with van der Waals surface area (Å²) in [6, 6.07) is 6.63. The van der Waals surface area contributed by atoms with E-state index in [1.54, 1.807) is 18.2 Å². The molecule has 3 rings (SSSR count). The van der Waals surface area contributed by atoms with Gasteiger partial charge in [0.25, 0.3) is 0 Å². The molecule has 0 radical (unpaired) electrons. The van der Waals surface area contributed by atoms with Gasteiger partial charge >= 0.3 is 5.97 Å². The summed E-state index contributed by atoms with van der Waals surface area (Å²) in [6.45, 7) is 6.24. The first-order chi connectivity index (χ1) is 9.39. The van der Waals surface area contributed by atoms with Crippen molar-refractivity contribution in [1.29, 1.82) is 0 Å². The van der Waals surface area contributed by atoms with Crippen LogP contribution in [-0.4, -0.2) is 35.0 Å². The molecule has 106 valence electrons. The molecule has 0 spiro atoms. The molecule has 2 aliphatic rings. The average Bonchev–Trinajstić information content (AvgIpc) is 2.80. The van der Waals surface area contributed by atoms with E-state index in [1.165, 1.54) is 0 Å². The van der Waals surface area contributed by atoms with Crippen molar-refractivity contribution in [2.75, 3.05) is 13.1 Å². The van der Waals surface area contributed by atoms with E-state index in [0.29, 0.717) is 23.7 Å². The Morgan fingerprint density at radius 2 is 1.95 bits per heavy atom. The van der Waals surface area contributed by atoms with Gasteiger partial charge in [-0.1, -0.05) is 26.0 Å². The molecule has 0 bridgehead atoms. The van der Waals surface area contributed by atoms with Gasteiger partial charge < -0.3 is 10.0 Å². The lowest BCUT2D eigenvalue weighted by molar-refractivity contribution is -0.130. The number of rotatable bonds is 3. The van der Waals surface area contributed by atoms with Crippen LogP contribution in [-0.2, 0) is 11.2 Å². The van der Waals surface area contributed by atoms with Gasteiger partial charge in [-0.05, 0) is 34.9 Å². The van der Waals surface area contributed by atoms with Crippen molar-refractivity contribution in [3.63, 3.8) is 0 Å². The molecular weight excluding hydrogens is 254 g/mol. The monoisotopic (exact) mass is 273 g/mol. The predicted molar refractivity (Wildman–Crippen MR) is 74.4 cm³/mol. The number of benzene rings is 1. The summed E-state index contributed by atoms with van der Waals surface area (Å²) in [7, 11) is 0. The fourth-order valence-electron chi connectivity index (χ4n) is 3.44. The lowest BCUT2D eigenvalue weighted by Gasteiger charge is -2.22. The van der Waals surface area contributed by atoms with Gasteiger partial charge in [-0.3, -0.25) is 4.79 Å². The first-order valence-electron chi connectivity index (χ1n) is 6.99. The average molecular weight is 273 g/mol. The molecule has 1 aromatic carbocycles. The van der Waals surface area contributed by atoms with Crippen LogP contribution < -0.4 is 0 Å². The highest BCUT2D eigenvalue weighted by molar-refractivity contribution is 5.88. The molecule has 4 nitrogen and oxygen atoms in total. The van der Waals surface area contributed by atoms with Crippen molar-refractivity contribution in [3.8, 4) is 0 Å². The molecule has 1 saturated carbocycles. The van der Waals surface area contributed by atoms with Crippen LogP contribution in [0.2, 0.25) is 0 Å². The summed E-state index contributed by atoms with van der Waals surface area (Å²) < 4.78 is 0. The molecule has 1 amide bonds. The summed E-state index contributed by atoms with van der Waals surface area (Å²) in [5.41, 5.74) is 1.41. The van der Waals surface area contributed by atoms with Crippen molar-refractivity contribution in [2.45, 2.75) is 20.3 Å². The maximum atomic E-state index is 12.3. The number of amides is 1. The Morgan fingerprint density at radius 3 is 2.55 bits per heavy atom. The van der Waals surface area contributed by atoms with Gasteiger partial charge in [0.1, 0.15) is 0 Å². The molecule has 2 unspecified atom stereocenters. The van der Waals surface area contributed by atoms with Crippen LogP contribution in [0.4, 0.5) is 0 Å². The molecule has 2 atom stereocenters. The summed E-state index contributed by atoms with van der Waals surface area (Å²) in [5, 5.41) is 8.96. The highest BCUT2D eigenvalue weighted by atomic mass is 16.4. The Kier molecular flexibility index (Phi) is 2.85. The Hall–Kier alpha value is -1.84. The molecule has 0 aromatic heterocycles. The van der Waals surface area contributed by atoms with E-state index in [1.807, 2.05) is 11.0 Å². The van der Waals surface area contributed by atoms with Crippen LogP contribution >= 0.6 is 0 Å². The third-order valence-electron chi connectivity index (χ3n) is 5.00. The van der Waals surface area contributed by atoms with Crippen LogP contribution in [0.5, 0.6) is 0 Å². The molecule has 2 fully saturated rings. The number of aromatic carboxylic acids is 1. The van der Waals surface area contributed by atoms with E-state index in [2.05, 4.69) is 13.8 Å². The Bertz CT molecular complexity index is 565. The maximum Gasteiger partial charge on any atom is 0.335 e. The summed E-state index contributed by atoms with van der Waals surface area (Å²) in [5.74, 6) is 0.451. The van der Waals surface area contributed by atoms with Crippen LogP contribution in [0.15, 0.2) is 24.3 Å². The SMILES string of the molecule is CC1(C)C2CN(C(=O)Cc3cccc(C(=O)O)c3)CC21. The molecule has 4 heteroatoms. The smallest absolute Gasteiger partial charge is 0.335 e. The normalized spacial score (nSPS) is 26.2. The van der Waals surface area contributed by atoms with Gasteiger partial charge in [0.2, 0.25) is 5.91 Å². The molecule has 1 N–H and O–H groups in total. The minimum Gasteiger partial charge on any atom is -0.478 e. The minimum atomic E-state index is -0.955. The lowest BCUT2D eigenvalue weighted by Crippen LogP contribution is -2.34. The Morgan fingerprint density at radius 1 is 1.30 bits per heavy atom. The summed E-state index contributed by atoms with van der Waals surface area (Å²) >= 11 is 0. The number of nitrogens with zero attached hydrogens (tertiary/aromatic N) is 1. The van der Waals surface area contributed by atoms with Gasteiger partial charge in [0.15, 0.2) is 0 Å². The largest absolute Gasteiger partial charge is 0.478 e. The van der Waals surface area contributed by atoms with Gasteiger partial charge in [-0.15, -0.1) is 0 Å². The van der Waals surface area contributed by atoms with Gasteiger partial charge in [0, 0.05) is 13.1 Å². The van der Waals surface area contributed by atoms with E-state index in [-0.39, 0.29) is 11.5 Å². The third-order valence-corrected chi connectivity index (χ3v) is 5.00. The quantitative estimate of drug-likeness (QED) is 0.917. The number of piperidine rings is 1. The number of fused-ring (bicyclic) bond motifs is 1. The van der Waals surface area contributed by atoms with E-state index < -0.39 is 5.97 Å². The molecular formula is C16H19NO3. The van der Waals surface area contributed by atoms with Crippen LogP contribution in [0.3, 0.4) is 0 Å². The second-order valence-corrected chi connectivity index (χ2v) is 6.52. The highest BCUT2D eigenvalue weighted by Gasteiger charge is 2.62. The van der Waals surface area contributed by atoms with Crippen LogP contribution in [0.1, 0.15) is 29.8 Å². The van der Waals surface area contributed by atoms with E-state index in [4.69, 9.17) is 5.11 Å². The number of hydrogen-bond donors (Lipinski definition) is 1. The number of carbonyl (C=O) groups is 2. The highest BCUT2D eigenvalue weighted by Crippen LogP contribution is 2.61. The van der Waals surface area contributed by atoms with Crippen molar-refractivity contribution in [3.05, 3.63) is 35.4 Å². The standard InChI is InChI=1S/C16H19NO3/c1-16(2)12-8-17(9-13(12)16)14(18)7-10-4-3-5-11(6-10)15(19)20/h3-6,12-13H,7-9H2,1-2H3,(H,19,20). The van der Waals surface area contributed by atoms with E-state index in [0.717, 1.165) is 18.7 Å². The Labute approximate surface area is 118 Å². The number of likely N-dealkylation sites (tertiary alicyclic amines) is 1. The van der Waals surface area contributed by atoms with E-state index in [9.17, 15) is 9.59 Å². The number of carboxylic acid groups (broad SMARTS) is 1. The van der Waals surface area contributed by atoms with Gasteiger partial charge in [-0.25, -0.2) is 4.79 Å². The zero-order chi connectivity index (χ0) is 14.5. The summed E-state index contributed by atoms with van der Waals surface area (Å²) in [6.07, 6.45) is 0.293. The Balaban J connectivity index is 1.63.